The summed E-state index contributed by atoms with van der Waals surface area (Å²) >= 11 is 0. The molecule has 0 saturated heterocycles. The van der Waals surface area contributed by atoms with Crippen molar-refractivity contribution >= 4 is 11.2 Å². The van der Waals surface area contributed by atoms with Crippen LogP contribution in [-0.2, 0) is 0 Å². The second-order valence-electron chi connectivity index (χ2n) is 5.74. The Kier molecular flexibility index (Phi) is 5.71. The van der Waals surface area contributed by atoms with Crippen molar-refractivity contribution in [1.82, 2.24) is 19.5 Å². The number of nitrogens with zero attached hydrogens (tertiary/aromatic N) is 4. The fraction of sp³-hybridized carbons (Fsp3) is 0.688. The molecule has 0 saturated carbocycles. The van der Waals surface area contributed by atoms with Gasteiger partial charge in [0, 0.05) is 0 Å². The van der Waals surface area contributed by atoms with Crippen molar-refractivity contribution in [2.24, 2.45) is 0 Å². The van der Waals surface area contributed by atoms with Crippen LogP contribution in [0.4, 0.5) is 0 Å². The highest BCUT2D eigenvalue weighted by molar-refractivity contribution is 5.76. The Morgan fingerprint density at radius 2 is 2.05 bits per heavy atom. The molecule has 2 aromatic heterocycles. The molecule has 0 aliphatic carbocycles. The smallest absolute Gasteiger partial charge is 0.245 e. The maximum Gasteiger partial charge on any atom is 0.245 e. The van der Waals surface area contributed by atoms with Crippen molar-refractivity contribution < 1.29 is 9.84 Å². The lowest BCUT2D eigenvalue weighted by Crippen LogP contribution is -2.23. The number of fused-ring (bicyclic) bond motifs is 1. The predicted octanol–water partition coefficient (Wildman–Crippen LogP) is 3.04. The maximum absolute atomic E-state index is 10.2. The van der Waals surface area contributed by atoms with Crippen molar-refractivity contribution in [3.63, 3.8) is 0 Å². The second-order valence-corrected chi connectivity index (χ2v) is 5.74. The van der Waals surface area contributed by atoms with Gasteiger partial charge in [-0.05, 0) is 20.3 Å². The standard InChI is InChI=1S/C16H26N4O2/c1-5-6-7-8-9-13(11(2)21)20-12(3)19-14-15(20)17-10-18-16(14)22-4/h10-11,13,21H,5-9H2,1-4H3. The second kappa shape index (κ2) is 7.54. The molecule has 2 rings (SSSR count). The molecule has 2 aromatic rings. The zero-order chi connectivity index (χ0) is 16.1. The molecule has 0 aliphatic rings. The van der Waals surface area contributed by atoms with Gasteiger partial charge >= 0.3 is 0 Å². The monoisotopic (exact) mass is 306 g/mol. The van der Waals surface area contributed by atoms with E-state index in [0.29, 0.717) is 11.4 Å². The van der Waals surface area contributed by atoms with Crippen LogP contribution in [0.25, 0.3) is 11.2 Å². The van der Waals surface area contributed by atoms with Crippen molar-refractivity contribution in [2.75, 3.05) is 7.11 Å². The third-order valence-corrected chi connectivity index (χ3v) is 4.06. The lowest BCUT2D eigenvalue weighted by atomic mass is 10.0. The molecule has 1 N–H and O–H groups in total. The average Bonchev–Trinajstić information content (AvgIpc) is 2.83. The molecule has 6 heteroatoms. The minimum Gasteiger partial charge on any atom is -0.479 e. The van der Waals surface area contributed by atoms with Gasteiger partial charge in [0.25, 0.3) is 0 Å². The van der Waals surface area contributed by atoms with Gasteiger partial charge in [-0.15, -0.1) is 0 Å². The summed E-state index contributed by atoms with van der Waals surface area (Å²) in [5.41, 5.74) is 1.38. The van der Waals surface area contributed by atoms with Crippen LogP contribution in [0.5, 0.6) is 5.88 Å². The van der Waals surface area contributed by atoms with E-state index < -0.39 is 6.10 Å². The van der Waals surface area contributed by atoms with Crippen molar-refractivity contribution in [2.45, 2.75) is 65.0 Å². The van der Waals surface area contributed by atoms with E-state index in [-0.39, 0.29) is 6.04 Å². The van der Waals surface area contributed by atoms with Gasteiger partial charge < -0.3 is 14.4 Å². The summed E-state index contributed by atoms with van der Waals surface area (Å²) in [6.45, 7) is 5.96. The number of aryl methyl sites for hydroxylation is 1. The number of aromatic nitrogens is 4. The molecular weight excluding hydrogens is 280 g/mol. The number of hydrogen-bond donors (Lipinski definition) is 1. The van der Waals surface area contributed by atoms with Crippen LogP contribution < -0.4 is 4.74 Å². The summed E-state index contributed by atoms with van der Waals surface area (Å²) in [6.07, 6.45) is 6.64. The van der Waals surface area contributed by atoms with Gasteiger partial charge in [0.2, 0.25) is 5.88 Å². The molecule has 122 valence electrons. The first-order valence-electron chi connectivity index (χ1n) is 8.01. The molecule has 0 aromatic carbocycles. The first-order valence-corrected chi connectivity index (χ1v) is 8.01. The molecule has 6 nitrogen and oxygen atoms in total. The van der Waals surface area contributed by atoms with Crippen LogP contribution in [-0.4, -0.2) is 37.8 Å². The highest BCUT2D eigenvalue weighted by Crippen LogP contribution is 2.29. The summed E-state index contributed by atoms with van der Waals surface area (Å²) in [5.74, 6) is 1.30. The number of hydrogen-bond acceptors (Lipinski definition) is 5. The van der Waals surface area contributed by atoms with E-state index >= 15 is 0 Å². The van der Waals surface area contributed by atoms with E-state index in [2.05, 4.69) is 21.9 Å². The number of aliphatic hydroxyl groups is 1. The molecule has 2 atom stereocenters. The summed E-state index contributed by atoms with van der Waals surface area (Å²) in [5, 5.41) is 10.2. The molecule has 0 radical (unpaired) electrons. The molecule has 2 heterocycles. The lowest BCUT2D eigenvalue weighted by molar-refractivity contribution is 0.123. The quantitative estimate of drug-likeness (QED) is 0.759. The summed E-state index contributed by atoms with van der Waals surface area (Å²) in [7, 11) is 1.58. The Labute approximate surface area is 131 Å². The SMILES string of the molecule is CCCCCCC(C(C)O)n1c(C)nc2c(OC)ncnc21. The molecule has 2 unspecified atom stereocenters. The minimum atomic E-state index is -0.460. The van der Waals surface area contributed by atoms with Crippen molar-refractivity contribution in [3.05, 3.63) is 12.2 Å². The first kappa shape index (κ1) is 16.7. The number of unbranched alkanes of at least 4 members (excludes halogenated alkanes) is 3. The van der Waals surface area contributed by atoms with Crippen LogP contribution in [0, 0.1) is 6.92 Å². The Hall–Kier alpha value is -1.69. The van der Waals surface area contributed by atoms with Gasteiger partial charge in [0.05, 0.1) is 19.3 Å². The number of ether oxygens (including phenoxy) is 1. The van der Waals surface area contributed by atoms with Crippen molar-refractivity contribution in [3.8, 4) is 5.88 Å². The lowest BCUT2D eigenvalue weighted by Gasteiger charge is -2.23. The van der Waals surface area contributed by atoms with Crippen LogP contribution in [0.2, 0.25) is 0 Å². The molecule has 0 fully saturated rings. The molecule has 0 bridgehead atoms. The fourth-order valence-electron chi connectivity index (χ4n) is 2.91. The zero-order valence-corrected chi connectivity index (χ0v) is 13.9. The van der Waals surface area contributed by atoms with E-state index in [9.17, 15) is 5.11 Å². The van der Waals surface area contributed by atoms with Crippen LogP contribution in [0.15, 0.2) is 6.33 Å². The fourth-order valence-corrected chi connectivity index (χ4v) is 2.91. The Bertz CT molecular complexity index is 609. The van der Waals surface area contributed by atoms with E-state index in [1.165, 1.54) is 25.6 Å². The highest BCUT2D eigenvalue weighted by atomic mass is 16.5. The van der Waals surface area contributed by atoms with Gasteiger partial charge in [-0.2, -0.15) is 4.98 Å². The number of imidazole rings is 1. The zero-order valence-electron chi connectivity index (χ0n) is 13.9. The Morgan fingerprint density at radius 1 is 1.27 bits per heavy atom. The summed E-state index contributed by atoms with van der Waals surface area (Å²) in [6, 6.07) is -0.0264. The topological polar surface area (TPSA) is 73.1 Å². The van der Waals surface area contributed by atoms with Crippen molar-refractivity contribution in [1.29, 1.82) is 0 Å². The first-order chi connectivity index (χ1) is 10.6. The van der Waals surface area contributed by atoms with E-state index in [0.717, 1.165) is 24.3 Å². The van der Waals surface area contributed by atoms with Gasteiger partial charge in [0.1, 0.15) is 12.2 Å². The summed E-state index contributed by atoms with van der Waals surface area (Å²) < 4.78 is 7.28. The Morgan fingerprint density at radius 3 is 2.68 bits per heavy atom. The molecular formula is C16H26N4O2. The van der Waals surface area contributed by atoms with E-state index in [1.807, 2.05) is 18.4 Å². The molecule has 0 spiro atoms. The molecule has 0 amide bonds. The van der Waals surface area contributed by atoms with E-state index in [1.54, 1.807) is 7.11 Å². The average molecular weight is 306 g/mol. The molecule has 0 aliphatic heterocycles. The third-order valence-electron chi connectivity index (χ3n) is 4.06. The minimum absolute atomic E-state index is 0.0264. The molecule has 22 heavy (non-hydrogen) atoms. The van der Waals surface area contributed by atoms with Crippen LogP contribution in [0.1, 0.15) is 57.8 Å². The largest absolute Gasteiger partial charge is 0.479 e. The Balaban J connectivity index is 2.35. The van der Waals surface area contributed by atoms with Gasteiger partial charge in [-0.25, -0.2) is 9.97 Å². The van der Waals surface area contributed by atoms with Gasteiger partial charge in [0.15, 0.2) is 11.2 Å². The maximum atomic E-state index is 10.2. The third kappa shape index (κ3) is 3.38. The number of methoxy groups -OCH3 is 1. The number of aliphatic hydroxyl groups excluding tert-OH is 1. The van der Waals surface area contributed by atoms with E-state index in [4.69, 9.17) is 4.74 Å². The predicted molar refractivity (Wildman–Crippen MR) is 86.1 cm³/mol. The van der Waals surface area contributed by atoms with Gasteiger partial charge in [-0.3, -0.25) is 0 Å². The summed E-state index contributed by atoms with van der Waals surface area (Å²) in [4.78, 5) is 13.0. The van der Waals surface area contributed by atoms with Crippen LogP contribution >= 0.6 is 0 Å². The van der Waals surface area contributed by atoms with Crippen LogP contribution in [0.3, 0.4) is 0 Å². The van der Waals surface area contributed by atoms with Gasteiger partial charge in [-0.1, -0.05) is 32.6 Å². The number of rotatable bonds is 8. The normalized spacial score (nSPS) is 14.2. The highest BCUT2D eigenvalue weighted by Gasteiger charge is 2.23.